The summed E-state index contributed by atoms with van der Waals surface area (Å²) in [6.07, 6.45) is 0.746. The fraction of sp³-hybridized carbons (Fsp3) is 0.533. The Morgan fingerprint density at radius 2 is 2.09 bits per heavy atom. The first kappa shape index (κ1) is 16.8. The second kappa shape index (κ2) is 6.26. The molecule has 6 nitrogen and oxygen atoms in total. The predicted molar refractivity (Wildman–Crippen MR) is 85.2 cm³/mol. The van der Waals surface area contributed by atoms with Gasteiger partial charge in [-0.25, -0.2) is 13.2 Å². The van der Waals surface area contributed by atoms with E-state index < -0.39 is 21.2 Å². The molecule has 0 radical (unpaired) electrons. The molecule has 2 rings (SSSR count). The molecule has 1 saturated heterocycles. The van der Waals surface area contributed by atoms with E-state index in [1.165, 1.54) is 13.1 Å². The van der Waals surface area contributed by atoms with Crippen LogP contribution in [-0.2, 0) is 9.84 Å². The van der Waals surface area contributed by atoms with Crippen LogP contribution in [0.15, 0.2) is 23.1 Å². The molecule has 1 aliphatic rings. The van der Waals surface area contributed by atoms with Crippen LogP contribution in [0.1, 0.15) is 38.3 Å². The fourth-order valence-corrected chi connectivity index (χ4v) is 3.89. The Balaban J connectivity index is 2.56. The van der Waals surface area contributed by atoms with Gasteiger partial charge in [0.15, 0.2) is 9.84 Å². The van der Waals surface area contributed by atoms with E-state index in [2.05, 4.69) is 5.32 Å². The summed E-state index contributed by atoms with van der Waals surface area (Å²) in [6.45, 7) is 4.14. The van der Waals surface area contributed by atoms with Gasteiger partial charge in [-0.15, -0.1) is 0 Å². The van der Waals surface area contributed by atoms with Crippen molar-refractivity contribution in [2.45, 2.75) is 42.9 Å². The number of carboxylic acid groups (broad SMARTS) is 1. The average molecular weight is 326 g/mol. The Hall–Kier alpha value is -1.60. The zero-order chi connectivity index (χ0) is 16.5. The summed E-state index contributed by atoms with van der Waals surface area (Å²) in [4.78, 5) is 12.5. The molecule has 0 bridgehead atoms. The third kappa shape index (κ3) is 3.10. The SMILES string of the molecule is CC(C)S(=O)(=O)c1ccc(N(C)C(=O)O)cc1[C@H]1CCCN1. The van der Waals surface area contributed by atoms with E-state index in [1.807, 2.05) is 0 Å². The lowest BCUT2D eigenvalue weighted by atomic mass is 10.0. The summed E-state index contributed by atoms with van der Waals surface area (Å²) in [7, 11) is -1.97. The lowest BCUT2D eigenvalue weighted by Crippen LogP contribution is -2.25. The minimum Gasteiger partial charge on any atom is -0.465 e. The number of hydrogen-bond donors (Lipinski definition) is 2. The normalized spacial score (nSPS) is 18.6. The molecule has 0 aromatic heterocycles. The Labute approximate surface area is 131 Å². The maximum atomic E-state index is 12.6. The number of nitrogens with one attached hydrogen (secondary N) is 1. The molecule has 0 unspecified atom stereocenters. The zero-order valence-electron chi connectivity index (χ0n) is 13.0. The zero-order valence-corrected chi connectivity index (χ0v) is 13.9. The van der Waals surface area contributed by atoms with Gasteiger partial charge in [0.1, 0.15) is 0 Å². The quantitative estimate of drug-likeness (QED) is 0.887. The van der Waals surface area contributed by atoms with Crippen molar-refractivity contribution in [1.82, 2.24) is 5.32 Å². The van der Waals surface area contributed by atoms with Gasteiger partial charge in [0.05, 0.1) is 10.1 Å². The van der Waals surface area contributed by atoms with Crippen molar-refractivity contribution in [1.29, 1.82) is 0 Å². The number of nitrogens with zero attached hydrogens (tertiary/aromatic N) is 1. The highest BCUT2D eigenvalue weighted by Gasteiger charge is 2.28. The number of amides is 1. The molecule has 1 amide bonds. The minimum atomic E-state index is -3.41. The first-order chi connectivity index (χ1) is 10.2. The maximum Gasteiger partial charge on any atom is 0.411 e. The van der Waals surface area contributed by atoms with Gasteiger partial charge in [0, 0.05) is 18.8 Å². The van der Waals surface area contributed by atoms with E-state index in [0.29, 0.717) is 16.1 Å². The lowest BCUT2D eigenvalue weighted by Gasteiger charge is -2.21. The predicted octanol–water partition coefficient (Wildman–Crippen LogP) is 2.41. The van der Waals surface area contributed by atoms with Gasteiger partial charge < -0.3 is 10.4 Å². The van der Waals surface area contributed by atoms with Crippen molar-refractivity contribution >= 4 is 21.6 Å². The van der Waals surface area contributed by atoms with Crippen molar-refractivity contribution in [3.8, 4) is 0 Å². The molecule has 1 atom stereocenters. The third-order valence-electron chi connectivity index (χ3n) is 4.03. The first-order valence-electron chi connectivity index (χ1n) is 7.33. The smallest absolute Gasteiger partial charge is 0.411 e. The molecule has 1 aromatic carbocycles. The number of rotatable bonds is 4. The number of sulfone groups is 1. The van der Waals surface area contributed by atoms with Crippen LogP contribution in [0.25, 0.3) is 0 Å². The van der Waals surface area contributed by atoms with Crippen LogP contribution < -0.4 is 10.2 Å². The highest BCUT2D eigenvalue weighted by atomic mass is 32.2. The molecule has 0 saturated carbocycles. The van der Waals surface area contributed by atoms with Crippen molar-refractivity contribution in [2.75, 3.05) is 18.5 Å². The van der Waals surface area contributed by atoms with Crippen molar-refractivity contribution < 1.29 is 18.3 Å². The highest BCUT2D eigenvalue weighted by Crippen LogP contribution is 2.33. The molecule has 22 heavy (non-hydrogen) atoms. The Morgan fingerprint density at radius 3 is 2.59 bits per heavy atom. The van der Waals surface area contributed by atoms with Gasteiger partial charge in [-0.1, -0.05) is 0 Å². The molecular weight excluding hydrogens is 304 g/mol. The third-order valence-corrected chi connectivity index (χ3v) is 6.26. The van der Waals surface area contributed by atoms with Crippen LogP contribution in [0.4, 0.5) is 10.5 Å². The van der Waals surface area contributed by atoms with Gasteiger partial charge in [-0.3, -0.25) is 4.90 Å². The van der Waals surface area contributed by atoms with Crippen LogP contribution in [0.3, 0.4) is 0 Å². The van der Waals surface area contributed by atoms with E-state index in [4.69, 9.17) is 5.11 Å². The topological polar surface area (TPSA) is 86.7 Å². The molecule has 0 aliphatic carbocycles. The van der Waals surface area contributed by atoms with E-state index in [0.717, 1.165) is 24.3 Å². The summed E-state index contributed by atoms with van der Waals surface area (Å²) in [5.74, 6) is 0. The van der Waals surface area contributed by atoms with Crippen molar-refractivity contribution in [3.63, 3.8) is 0 Å². The number of carbonyl (C=O) groups is 1. The molecule has 7 heteroatoms. The molecule has 122 valence electrons. The van der Waals surface area contributed by atoms with E-state index >= 15 is 0 Å². The van der Waals surface area contributed by atoms with Gasteiger partial charge >= 0.3 is 6.09 Å². The van der Waals surface area contributed by atoms with Crippen LogP contribution >= 0.6 is 0 Å². The van der Waals surface area contributed by atoms with Gasteiger partial charge in [-0.2, -0.15) is 0 Å². The number of hydrogen-bond acceptors (Lipinski definition) is 4. The Morgan fingerprint density at radius 1 is 1.41 bits per heavy atom. The largest absolute Gasteiger partial charge is 0.465 e. The van der Waals surface area contributed by atoms with E-state index in [9.17, 15) is 13.2 Å². The minimum absolute atomic E-state index is 0.0503. The lowest BCUT2D eigenvalue weighted by molar-refractivity contribution is 0.203. The van der Waals surface area contributed by atoms with Crippen molar-refractivity contribution in [3.05, 3.63) is 23.8 Å². The number of anilines is 1. The summed E-state index contributed by atoms with van der Waals surface area (Å²) in [5.41, 5.74) is 1.13. The highest BCUT2D eigenvalue weighted by molar-refractivity contribution is 7.92. The second-order valence-electron chi connectivity index (χ2n) is 5.81. The summed E-state index contributed by atoms with van der Waals surface area (Å²) in [6, 6.07) is 4.69. The van der Waals surface area contributed by atoms with Crippen LogP contribution in [0, 0.1) is 0 Å². The summed E-state index contributed by atoms with van der Waals surface area (Å²) in [5, 5.41) is 11.9. The van der Waals surface area contributed by atoms with Crippen LogP contribution in [0.5, 0.6) is 0 Å². The molecule has 0 spiro atoms. The molecule has 2 N–H and O–H groups in total. The van der Waals surface area contributed by atoms with Gasteiger partial charge in [0.2, 0.25) is 0 Å². The Kier molecular flexibility index (Phi) is 4.77. The van der Waals surface area contributed by atoms with E-state index in [-0.39, 0.29) is 6.04 Å². The Bertz CT molecular complexity index is 664. The monoisotopic (exact) mass is 326 g/mol. The standard InChI is InChI=1S/C15H22N2O4S/c1-10(2)22(20,21)14-7-6-11(17(3)15(18)19)9-12(14)13-5-4-8-16-13/h6-7,9-10,13,16H,4-5,8H2,1-3H3,(H,18,19)/t13-/m1/s1. The molecule has 1 heterocycles. The maximum absolute atomic E-state index is 12.6. The number of benzene rings is 1. The van der Waals surface area contributed by atoms with Gasteiger partial charge in [-0.05, 0) is 57.0 Å². The van der Waals surface area contributed by atoms with Crippen molar-refractivity contribution in [2.24, 2.45) is 0 Å². The summed E-state index contributed by atoms with van der Waals surface area (Å²) < 4.78 is 25.1. The van der Waals surface area contributed by atoms with Crippen LogP contribution in [0.2, 0.25) is 0 Å². The summed E-state index contributed by atoms with van der Waals surface area (Å²) >= 11 is 0. The molecular formula is C15H22N2O4S. The first-order valence-corrected chi connectivity index (χ1v) is 8.87. The molecule has 1 fully saturated rings. The average Bonchev–Trinajstić information content (AvgIpc) is 2.99. The molecule has 1 aromatic rings. The second-order valence-corrected chi connectivity index (χ2v) is 8.28. The van der Waals surface area contributed by atoms with Gasteiger partial charge in [0.25, 0.3) is 0 Å². The van der Waals surface area contributed by atoms with Crippen LogP contribution in [-0.4, -0.2) is 38.5 Å². The fourth-order valence-electron chi connectivity index (χ4n) is 2.59. The molecule has 1 aliphatic heterocycles. The van der Waals surface area contributed by atoms with E-state index in [1.54, 1.807) is 26.0 Å².